The van der Waals surface area contributed by atoms with Gasteiger partial charge in [-0.2, -0.15) is 0 Å². The summed E-state index contributed by atoms with van der Waals surface area (Å²) in [5.74, 6) is -1.07. The summed E-state index contributed by atoms with van der Waals surface area (Å²) < 4.78 is 8.16. The number of rotatable bonds is 3. The van der Waals surface area contributed by atoms with Crippen molar-refractivity contribution in [1.29, 1.82) is 0 Å². The van der Waals surface area contributed by atoms with Crippen molar-refractivity contribution in [2.75, 3.05) is 0 Å². The number of carbonyl (C=O) groups is 3. The summed E-state index contributed by atoms with van der Waals surface area (Å²) in [6.45, 7) is -0.0888. The van der Waals surface area contributed by atoms with Crippen molar-refractivity contribution in [3.05, 3.63) is 64.0 Å². The highest BCUT2D eigenvalue weighted by atomic mass is 16.3. The summed E-state index contributed by atoms with van der Waals surface area (Å²) in [7, 11) is 3.31. The van der Waals surface area contributed by atoms with E-state index in [4.69, 9.17) is 4.42 Å². The Hall–Kier alpha value is -3.88. The summed E-state index contributed by atoms with van der Waals surface area (Å²) in [4.78, 5) is 50.0. The number of aromatic nitrogens is 2. The quantitative estimate of drug-likeness (QED) is 0.542. The van der Waals surface area contributed by atoms with E-state index in [-0.39, 0.29) is 17.8 Å². The fourth-order valence-electron chi connectivity index (χ4n) is 3.18. The van der Waals surface area contributed by atoms with Gasteiger partial charge in [0, 0.05) is 14.1 Å². The molecule has 0 aliphatic carbocycles. The molecule has 0 radical (unpaired) electrons. The summed E-state index contributed by atoms with van der Waals surface area (Å²) in [6.07, 6.45) is 2.83. The molecule has 9 nitrogen and oxygen atoms in total. The molecule has 0 unspecified atom stereocenters. The second-order valence-corrected chi connectivity index (χ2v) is 6.44. The number of benzene rings is 1. The Kier molecular flexibility index (Phi) is 3.99. The Morgan fingerprint density at radius 3 is 2.50 bits per heavy atom. The van der Waals surface area contributed by atoms with E-state index in [1.807, 2.05) is 0 Å². The van der Waals surface area contributed by atoms with E-state index in [0.29, 0.717) is 16.8 Å². The van der Waals surface area contributed by atoms with Crippen LogP contribution in [-0.4, -0.2) is 31.9 Å². The number of nitrogens with zero attached hydrogens (tertiary/aromatic N) is 3. The van der Waals surface area contributed by atoms with Gasteiger partial charge in [0.25, 0.3) is 11.8 Å². The average molecular weight is 380 g/mol. The predicted molar refractivity (Wildman–Crippen MR) is 98.9 cm³/mol. The Bertz CT molecular complexity index is 1210. The third-order valence-electron chi connectivity index (χ3n) is 4.69. The maximum Gasteiger partial charge on any atom is 0.331 e. The normalized spacial score (nSPS) is 16.3. The number of barbiturate groups is 1. The first kappa shape index (κ1) is 17.5. The van der Waals surface area contributed by atoms with Crippen molar-refractivity contribution in [1.82, 2.24) is 19.4 Å². The Labute approximate surface area is 158 Å². The molecule has 2 aromatic heterocycles. The van der Waals surface area contributed by atoms with E-state index in [0.717, 1.165) is 10.4 Å². The molecule has 4 amide bonds. The molecule has 4 rings (SSSR count). The smallest absolute Gasteiger partial charge is 0.331 e. The molecule has 0 spiro atoms. The minimum atomic E-state index is -0.801. The highest BCUT2D eigenvalue weighted by Crippen LogP contribution is 2.20. The molecule has 3 heterocycles. The number of hydrogen-bond acceptors (Lipinski definition) is 5. The van der Waals surface area contributed by atoms with Crippen LogP contribution in [0.3, 0.4) is 0 Å². The van der Waals surface area contributed by atoms with Gasteiger partial charge in [-0.15, -0.1) is 0 Å². The van der Waals surface area contributed by atoms with Crippen LogP contribution >= 0.6 is 0 Å². The monoisotopic (exact) mass is 380 g/mol. The van der Waals surface area contributed by atoms with Gasteiger partial charge >= 0.3 is 11.7 Å². The number of amides is 4. The van der Waals surface area contributed by atoms with E-state index in [1.165, 1.54) is 21.5 Å². The van der Waals surface area contributed by atoms with E-state index in [2.05, 4.69) is 5.32 Å². The standard InChI is InChI=1S/C19H16N4O5/c1-21-14-6-5-11(9-15(14)22(2)19(21)27)8-13-16(24)20-18(26)23(17(13)25)10-12-4-3-7-28-12/h3-9H,10H2,1-2H3,(H,20,24,26). The van der Waals surface area contributed by atoms with Crippen molar-refractivity contribution in [3.8, 4) is 0 Å². The molecule has 1 fully saturated rings. The van der Waals surface area contributed by atoms with Gasteiger partial charge in [0.2, 0.25) is 0 Å². The fraction of sp³-hybridized carbons (Fsp3) is 0.158. The van der Waals surface area contributed by atoms with E-state index in [9.17, 15) is 19.2 Å². The first-order chi connectivity index (χ1) is 13.4. The molecule has 3 aromatic rings. The van der Waals surface area contributed by atoms with E-state index >= 15 is 0 Å². The van der Waals surface area contributed by atoms with Crippen LogP contribution in [0.5, 0.6) is 0 Å². The van der Waals surface area contributed by atoms with Crippen LogP contribution in [0, 0.1) is 0 Å². The number of carbonyl (C=O) groups excluding carboxylic acids is 3. The van der Waals surface area contributed by atoms with Crippen molar-refractivity contribution in [2.45, 2.75) is 6.54 Å². The Balaban J connectivity index is 1.73. The second kappa shape index (κ2) is 6.38. The van der Waals surface area contributed by atoms with Gasteiger partial charge in [0.15, 0.2) is 0 Å². The van der Waals surface area contributed by atoms with E-state index < -0.39 is 17.8 Å². The number of aryl methyl sites for hydroxylation is 2. The van der Waals surface area contributed by atoms with E-state index in [1.54, 1.807) is 44.4 Å². The maximum absolute atomic E-state index is 12.7. The lowest BCUT2D eigenvalue weighted by molar-refractivity contribution is -0.130. The molecule has 1 aliphatic rings. The van der Waals surface area contributed by atoms with Crippen LogP contribution in [0.4, 0.5) is 4.79 Å². The van der Waals surface area contributed by atoms with Gasteiger partial charge in [-0.05, 0) is 35.9 Å². The number of imide groups is 2. The van der Waals surface area contributed by atoms with Gasteiger partial charge in [-0.1, -0.05) is 6.07 Å². The van der Waals surface area contributed by atoms with Crippen LogP contribution in [-0.2, 0) is 30.2 Å². The number of furan rings is 1. The van der Waals surface area contributed by atoms with Crippen molar-refractivity contribution in [2.24, 2.45) is 14.1 Å². The predicted octanol–water partition coefficient (Wildman–Crippen LogP) is 1.13. The fourth-order valence-corrected chi connectivity index (χ4v) is 3.18. The molecule has 1 aromatic carbocycles. The first-order valence-electron chi connectivity index (χ1n) is 8.43. The SMILES string of the molecule is Cn1c(=O)n(C)c2cc(C=C3C(=O)NC(=O)N(Cc4ccco4)C3=O)ccc21. The number of fused-ring (bicyclic) bond motifs is 1. The zero-order chi connectivity index (χ0) is 20.0. The molecular weight excluding hydrogens is 364 g/mol. The van der Waals surface area contributed by atoms with Gasteiger partial charge in [-0.25, -0.2) is 9.59 Å². The lowest BCUT2D eigenvalue weighted by atomic mass is 10.1. The minimum absolute atomic E-state index is 0.0888. The van der Waals surface area contributed by atoms with Crippen molar-refractivity contribution < 1.29 is 18.8 Å². The minimum Gasteiger partial charge on any atom is -0.467 e. The summed E-state index contributed by atoms with van der Waals surface area (Å²) in [5, 5.41) is 2.16. The molecular formula is C19H16N4O5. The Morgan fingerprint density at radius 1 is 1.04 bits per heavy atom. The third kappa shape index (κ3) is 2.73. The lowest BCUT2D eigenvalue weighted by Crippen LogP contribution is -2.53. The number of hydrogen-bond donors (Lipinski definition) is 1. The molecule has 1 saturated heterocycles. The van der Waals surface area contributed by atoms with Gasteiger partial charge in [-0.3, -0.25) is 28.9 Å². The van der Waals surface area contributed by atoms with Crippen molar-refractivity contribution >= 4 is 35.0 Å². The molecule has 0 atom stereocenters. The number of urea groups is 1. The van der Waals surface area contributed by atoms with Gasteiger partial charge in [0.05, 0.1) is 23.8 Å². The molecule has 0 bridgehead atoms. The van der Waals surface area contributed by atoms with Crippen LogP contribution in [0.15, 0.2) is 51.4 Å². The third-order valence-corrected chi connectivity index (χ3v) is 4.69. The highest BCUT2D eigenvalue weighted by molar-refractivity contribution is 6.31. The molecule has 1 N–H and O–H groups in total. The summed E-state index contributed by atoms with van der Waals surface area (Å²) >= 11 is 0. The number of imidazole rings is 1. The van der Waals surface area contributed by atoms with Crippen LogP contribution in [0.2, 0.25) is 0 Å². The highest BCUT2D eigenvalue weighted by Gasteiger charge is 2.36. The largest absolute Gasteiger partial charge is 0.467 e. The second-order valence-electron chi connectivity index (χ2n) is 6.44. The van der Waals surface area contributed by atoms with Crippen molar-refractivity contribution in [3.63, 3.8) is 0 Å². The zero-order valence-corrected chi connectivity index (χ0v) is 15.1. The molecule has 142 valence electrons. The van der Waals surface area contributed by atoms with Crippen LogP contribution < -0.4 is 11.0 Å². The molecule has 1 aliphatic heterocycles. The molecule has 28 heavy (non-hydrogen) atoms. The molecule has 9 heteroatoms. The van der Waals surface area contributed by atoms with Crippen LogP contribution in [0.1, 0.15) is 11.3 Å². The topological polar surface area (TPSA) is 107 Å². The first-order valence-corrected chi connectivity index (χ1v) is 8.43. The number of nitrogens with one attached hydrogen (secondary N) is 1. The summed E-state index contributed by atoms with van der Waals surface area (Å²) in [6, 6.07) is 7.61. The zero-order valence-electron chi connectivity index (χ0n) is 15.1. The molecule has 0 saturated carbocycles. The van der Waals surface area contributed by atoms with Gasteiger partial charge < -0.3 is 4.42 Å². The average Bonchev–Trinajstić information content (AvgIpc) is 3.26. The lowest BCUT2D eigenvalue weighted by Gasteiger charge is -2.25. The van der Waals surface area contributed by atoms with Gasteiger partial charge in [0.1, 0.15) is 11.3 Å². The van der Waals surface area contributed by atoms with Crippen LogP contribution in [0.25, 0.3) is 17.1 Å². The summed E-state index contributed by atoms with van der Waals surface area (Å²) in [5.41, 5.74) is 1.59. The Morgan fingerprint density at radius 2 is 1.79 bits per heavy atom. The maximum atomic E-state index is 12.7.